The third-order valence-corrected chi connectivity index (χ3v) is 7.23. The molecule has 5 heterocycles. The van der Waals surface area contributed by atoms with Gasteiger partial charge < -0.3 is 19.7 Å². The van der Waals surface area contributed by atoms with E-state index in [9.17, 15) is 24.8 Å². The van der Waals surface area contributed by atoms with Gasteiger partial charge in [0, 0.05) is 53.5 Å². The minimum Gasteiger partial charge on any atom is -0.458 e. The predicted octanol–water partition coefficient (Wildman–Crippen LogP) is 3.04. The molecule has 0 spiro atoms. The molecule has 11 nitrogen and oxygen atoms in total. The standard InChI is InChI=1S/C27H23N5O6/c1-2-27(35)20-12-22-24-16(13-31(22)25(33)19(20)14-38-26(27)34)9-15-10-18(32(36)37)11-21(23(15)30-24)29-8-6-17-5-3-4-7-28-17/h3-5,7,9-12,29,35H,2,6,8,13-14H2,1H3/t27-/m0/s1. The van der Waals surface area contributed by atoms with Crippen LogP contribution in [0.3, 0.4) is 0 Å². The monoisotopic (exact) mass is 513 g/mol. The third kappa shape index (κ3) is 3.62. The maximum absolute atomic E-state index is 13.4. The summed E-state index contributed by atoms with van der Waals surface area (Å²) in [6.07, 6.45) is 2.36. The molecule has 0 radical (unpaired) electrons. The van der Waals surface area contributed by atoms with Crippen molar-refractivity contribution in [2.45, 2.75) is 38.5 Å². The fraction of sp³-hybridized carbons (Fsp3) is 0.259. The summed E-state index contributed by atoms with van der Waals surface area (Å²) in [5.74, 6) is -0.784. The maximum atomic E-state index is 13.4. The fourth-order valence-corrected chi connectivity index (χ4v) is 5.19. The van der Waals surface area contributed by atoms with Gasteiger partial charge in [0.2, 0.25) is 0 Å². The van der Waals surface area contributed by atoms with Crippen LogP contribution in [0.1, 0.15) is 35.7 Å². The van der Waals surface area contributed by atoms with Crippen molar-refractivity contribution in [3.63, 3.8) is 0 Å². The van der Waals surface area contributed by atoms with E-state index in [0.29, 0.717) is 46.5 Å². The van der Waals surface area contributed by atoms with Crippen molar-refractivity contribution in [3.8, 4) is 11.4 Å². The van der Waals surface area contributed by atoms with Crippen LogP contribution < -0.4 is 10.9 Å². The van der Waals surface area contributed by atoms with Crippen molar-refractivity contribution in [2.24, 2.45) is 0 Å². The quantitative estimate of drug-likeness (QED) is 0.198. The summed E-state index contributed by atoms with van der Waals surface area (Å²) in [7, 11) is 0. The van der Waals surface area contributed by atoms with Gasteiger partial charge in [-0.3, -0.25) is 19.9 Å². The van der Waals surface area contributed by atoms with E-state index in [2.05, 4.69) is 10.3 Å². The first-order valence-electron chi connectivity index (χ1n) is 12.2. The Morgan fingerprint density at radius 2 is 2.08 bits per heavy atom. The highest BCUT2D eigenvalue weighted by atomic mass is 16.6. The lowest BCUT2D eigenvalue weighted by Crippen LogP contribution is -2.44. The van der Waals surface area contributed by atoms with Crippen LogP contribution in [0.15, 0.2) is 53.5 Å². The van der Waals surface area contributed by atoms with Crippen LogP contribution in [-0.2, 0) is 34.7 Å². The van der Waals surface area contributed by atoms with Crippen LogP contribution >= 0.6 is 0 Å². The zero-order valence-electron chi connectivity index (χ0n) is 20.4. The van der Waals surface area contributed by atoms with Gasteiger partial charge in [-0.2, -0.15) is 0 Å². The predicted molar refractivity (Wildman–Crippen MR) is 138 cm³/mol. The highest BCUT2D eigenvalue weighted by Gasteiger charge is 2.45. The molecule has 0 unspecified atom stereocenters. The molecule has 38 heavy (non-hydrogen) atoms. The summed E-state index contributed by atoms with van der Waals surface area (Å²) >= 11 is 0. The zero-order chi connectivity index (χ0) is 26.6. The SMILES string of the molecule is CC[C@@]1(O)C(=O)OCc2c1cc1n(c2=O)Cc2cc3cc([N+](=O)[O-])cc(NCCc4ccccn4)c3nc2-1. The number of aromatic nitrogens is 3. The molecule has 1 atom stereocenters. The largest absolute Gasteiger partial charge is 0.458 e. The minimum atomic E-state index is -1.92. The minimum absolute atomic E-state index is 0.0493. The average molecular weight is 514 g/mol. The molecular formula is C27H23N5O6. The maximum Gasteiger partial charge on any atom is 0.343 e. The lowest BCUT2D eigenvalue weighted by atomic mass is 9.86. The van der Waals surface area contributed by atoms with Crippen molar-refractivity contribution in [3.05, 3.63) is 91.5 Å². The van der Waals surface area contributed by atoms with E-state index in [1.54, 1.807) is 25.3 Å². The van der Waals surface area contributed by atoms with Gasteiger partial charge in [0.05, 0.1) is 39.6 Å². The highest BCUT2D eigenvalue weighted by molar-refractivity contribution is 5.95. The van der Waals surface area contributed by atoms with Gasteiger partial charge in [-0.05, 0) is 30.7 Å². The number of cyclic esters (lactones) is 1. The lowest BCUT2D eigenvalue weighted by Gasteiger charge is -2.31. The Morgan fingerprint density at radius 3 is 2.82 bits per heavy atom. The topological polar surface area (TPSA) is 149 Å². The Balaban J connectivity index is 1.47. The number of rotatable bonds is 6. The number of carbonyl (C=O) groups is 1. The summed E-state index contributed by atoms with van der Waals surface area (Å²) in [5, 5.41) is 26.5. The Kier molecular flexibility index (Phi) is 5.46. The molecule has 2 aliphatic heterocycles. The molecule has 2 N–H and O–H groups in total. The number of hydrogen-bond donors (Lipinski definition) is 2. The number of fused-ring (bicyclic) bond motifs is 5. The molecule has 0 bridgehead atoms. The number of nitro groups is 1. The number of anilines is 1. The number of carbonyl (C=O) groups excluding carboxylic acids is 1. The summed E-state index contributed by atoms with van der Waals surface area (Å²) in [4.78, 5) is 46.2. The molecule has 6 rings (SSSR count). The molecule has 192 valence electrons. The summed E-state index contributed by atoms with van der Waals surface area (Å²) < 4.78 is 6.65. The Bertz CT molecular complexity index is 1700. The van der Waals surface area contributed by atoms with Crippen LogP contribution in [0.2, 0.25) is 0 Å². The Labute approximate surface area is 215 Å². The van der Waals surface area contributed by atoms with Crippen LogP contribution in [0.5, 0.6) is 0 Å². The number of ether oxygens (including phenoxy) is 1. The number of nitrogens with one attached hydrogen (secondary N) is 1. The van der Waals surface area contributed by atoms with Crippen LogP contribution in [-0.4, -0.2) is 37.1 Å². The van der Waals surface area contributed by atoms with E-state index in [4.69, 9.17) is 9.72 Å². The van der Waals surface area contributed by atoms with Crippen molar-refractivity contribution < 1.29 is 19.6 Å². The van der Waals surface area contributed by atoms with E-state index in [1.807, 2.05) is 18.2 Å². The van der Waals surface area contributed by atoms with E-state index in [0.717, 1.165) is 5.69 Å². The van der Waals surface area contributed by atoms with Crippen LogP contribution in [0.4, 0.5) is 11.4 Å². The van der Waals surface area contributed by atoms with Gasteiger partial charge in [0.1, 0.15) is 6.61 Å². The molecular weight excluding hydrogens is 490 g/mol. The summed E-state index contributed by atoms with van der Waals surface area (Å²) in [6.45, 7) is 2.12. The molecule has 0 fully saturated rings. The zero-order valence-corrected chi connectivity index (χ0v) is 20.4. The first-order chi connectivity index (χ1) is 18.3. The van der Waals surface area contributed by atoms with Gasteiger partial charge in [-0.1, -0.05) is 13.0 Å². The number of nitrogens with zero attached hydrogens (tertiary/aromatic N) is 4. The molecule has 3 aromatic heterocycles. The molecule has 0 saturated carbocycles. The second-order valence-electron chi connectivity index (χ2n) is 9.42. The van der Waals surface area contributed by atoms with Crippen molar-refractivity contribution >= 4 is 28.2 Å². The molecule has 0 saturated heterocycles. The van der Waals surface area contributed by atoms with E-state index < -0.39 is 16.5 Å². The number of nitro benzene ring substituents is 1. The van der Waals surface area contributed by atoms with Crippen molar-refractivity contribution in [1.82, 2.24) is 14.5 Å². The van der Waals surface area contributed by atoms with E-state index in [-0.39, 0.29) is 41.9 Å². The first-order valence-corrected chi connectivity index (χ1v) is 12.2. The summed E-state index contributed by atoms with van der Waals surface area (Å²) in [5.41, 5.74) is 1.71. The molecule has 4 aromatic rings. The fourth-order valence-electron chi connectivity index (χ4n) is 5.19. The third-order valence-electron chi connectivity index (χ3n) is 7.23. The van der Waals surface area contributed by atoms with Crippen molar-refractivity contribution in [1.29, 1.82) is 0 Å². The number of benzene rings is 1. The number of pyridine rings is 3. The number of hydrogen-bond acceptors (Lipinski definition) is 9. The lowest BCUT2D eigenvalue weighted by molar-refractivity contribution is -0.384. The number of non-ortho nitro benzene ring substituents is 1. The molecule has 2 aliphatic rings. The summed E-state index contributed by atoms with van der Waals surface area (Å²) in [6, 6.07) is 12.0. The van der Waals surface area contributed by atoms with Crippen LogP contribution in [0, 0.1) is 10.1 Å². The molecule has 0 amide bonds. The van der Waals surface area contributed by atoms with Gasteiger partial charge in [-0.15, -0.1) is 0 Å². The van der Waals surface area contributed by atoms with E-state index >= 15 is 0 Å². The normalized spacial score (nSPS) is 17.5. The highest BCUT2D eigenvalue weighted by Crippen LogP contribution is 2.40. The first kappa shape index (κ1) is 23.7. The van der Waals surface area contributed by atoms with Crippen molar-refractivity contribution in [2.75, 3.05) is 11.9 Å². The van der Waals surface area contributed by atoms with Gasteiger partial charge in [-0.25, -0.2) is 9.78 Å². The average Bonchev–Trinajstić information content (AvgIpc) is 3.28. The van der Waals surface area contributed by atoms with Gasteiger partial charge in [0.25, 0.3) is 11.2 Å². The number of aliphatic hydroxyl groups is 1. The number of esters is 1. The smallest absolute Gasteiger partial charge is 0.343 e. The molecule has 11 heteroatoms. The molecule has 0 aliphatic carbocycles. The second-order valence-corrected chi connectivity index (χ2v) is 9.42. The van der Waals surface area contributed by atoms with Gasteiger partial charge >= 0.3 is 5.97 Å². The van der Waals surface area contributed by atoms with Crippen LogP contribution in [0.25, 0.3) is 22.3 Å². The van der Waals surface area contributed by atoms with Gasteiger partial charge in [0.15, 0.2) is 5.60 Å². The second kappa shape index (κ2) is 8.73. The van der Waals surface area contributed by atoms with E-state index in [1.165, 1.54) is 16.7 Å². The Morgan fingerprint density at radius 1 is 1.24 bits per heavy atom. The Hall–Kier alpha value is -4.64. The molecule has 1 aromatic carbocycles.